The van der Waals surface area contributed by atoms with Crippen LogP contribution in [0.3, 0.4) is 0 Å². The van der Waals surface area contributed by atoms with E-state index in [9.17, 15) is 9.59 Å². The molecule has 2 aliphatic heterocycles. The van der Waals surface area contributed by atoms with E-state index < -0.39 is 0 Å². The Bertz CT molecular complexity index is 585. The lowest BCUT2D eigenvalue weighted by Crippen LogP contribution is -2.43. The smallest absolute Gasteiger partial charge is 0.254 e. The summed E-state index contributed by atoms with van der Waals surface area (Å²) >= 11 is 0. The summed E-state index contributed by atoms with van der Waals surface area (Å²) in [6, 6.07) is 7.48. The Labute approximate surface area is 155 Å². The van der Waals surface area contributed by atoms with Gasteiger partial charge in [0.2, 0.25) is 5.91 Å². The van der Waals surface area contributed by atoms with Crippen LogP contribution in [0.1, 0.15) is 55.8 Å². The molecule has 0 spiro atoms. The molecule has 2 fully saturated rings. The fraction of sp³-hybridized carbons (Fsp3) is 0.579. The first-order chi connectivity index (χ1) is 11.6. The van der Waals surface area contributed by atoms with Crippen LogP contribution >= 0.6 is 12.4 Å². The van der Waals surface area contributed by atoms with Crippen LogP contribution in [0.15, 0.2) is 24.3 Å². The minimum absolute atomic E-state index is 0. The number of carbonyl (C=O) groups is 2. The van der Waals surface area contributed by atoms with E-state index in [0.29, 0.717) is 11.6 Å². The fourth-order valence-electron chi connectivity index (χ4n) is 3.57. The lowest BCUT2D eigenvalue weighted by atomic mass is 10.0. The molecular formula is C19H28ClN3O2. The van der Waals surface area contributed by atoms with Gasteiger partial charge in [-0.25, -0.2) is 0 Å². The lowest BCUT2D eigenvalue weighted by Gasteiger charge is -2.33. The highest BCUT2D eigenvalue weighted by Crippen LogP contribution is 2.20. The zero-order valence-corrected chi connectivity index (χ0v) is 15.6. The summed E-state index contributed by atoms with van der Waals surface area (Å²) in [6.45, 7) is 3.86. The maximum Gasteiger partial charge on any atom is 0.254 e. The van der Waals surface area contributed by atoms with Crippen molar-refractivity contribution in [2.45, 2.75) is 57.5 Å². The minimum Gasteiger partial charge on any atom is -0.336 e. The largest absolute Gasteiger partial charge is 0.336 e. The van der Waals surface area contributed by atoms with Gasteiger partial charge in [0, 0.05) is 23.8 Å². The van der Waals surface area contributed by atoms with Crippen LogP contribution in [0.25, 0.3) is 0 Å². The molecule has 1 aromatic carbocycles. The van der Waals surface area contributed by atoms with Crippen molar-refractivity contribution in [3.63, 3.8) is 0 Å². The number of hydrogen-bond donors (Lipinski definition) is 2. The number of likely N-dealkylation sites (tertiary alicyclic amines) is 1. The Kier molecular flexibility index (Phi) is 7.26. The summed E-state index contributed by atoms with van der Waals surface area (Å²) in [7, 11) is 0. The summed E-state index contributed by atoms with van der Waals surface area (Å²) in [5, 5.41) is 6.18. The summed E-state index contributed by atoms with van der Waals surface area (Å²) in [5.74, 6) is 0.104. The third kappa shape index (κ3) is 4.95. The van der Waals surface area contributed by atoms with E-state index in [1.54, 1.807) is 0 Å². The normalized spacial score (nSPS) is 23.5. The van der Waals surface area contributed by atoms with E-state index in [0.717, 1.165) is 50.9 Å². The molecule has 2 aliphatic rings. The van der Waals surface area contributed by atoms with Gasteiger partial charge in [0.05, 0.1) is 6.04 Å². The zero-order chi connectivity index (χ0) is 16.9. The lowest BCUT2D eigenvalue weighted by molar-refractivity contribution is -0.118. The molecule has 0 bridgehead atoms. The third-order valence-corrected chi connectivity index (χ3v) is 5.09. The molecule has 1 aromatic rings. The monoisotopic (exact) mass is 365 g/mol. The quantitative estimate of drug-likeness (QED) is 0.864. The summed E-state index contributed by atoms with van der Waals surface area (Å²) in [4.78, 5) is 26.8. The highest BCUT2D eigenvalue weighted by Gasteiger charge is 2.24. The molecule has 2 amide bonds. The molecule has 0 aliphatic carbocycles. The second kappa shape index (κ2) is 9.20. The van der Waals surface area contributed by atoms with E-state index in [4.69, 9.17) is 0 Å². The number of halogens is 1. The van der Waals surface area contributed by atoms with Gasteiger partial charge in [0.1, 0.15) is 0 Å². The van der Waals surface area contributed by atoms with Crippen molar-refractivity contribution in [3.05, 3.63) is 29.8 Å². The molecular weight excluding hydrogens is 338 g/mol. The predicted octanol–water partition coefficient (Wildman–Crippen LogP) is 3.20. The van der Waals surface area contributed by atoms with Crippen molar-refractivity contribution in [1.82, 2.24) is 10.2 Å². The fourth-order valence-corrected chi connectivity index (χ4v) is 3.57. The first-order valence-electron chi connectivity index (χ1n) is 9.10. The Morgan fingerprint density at radius 1 is 1.08 bits per heavy atom. The topological polar surface area (TPSA) is 61.4 Å². The molecule has 6 heteroatoms. The maximum absolute atomic E-state index is 12.6. The number of amides is 2. The van der Waals surface area contributed by atoms with E-state index in [2.05, 4.69) is 17.6 Å². The van der Waals surface area contributed by atoms with Crippen molar-refractivity contribution >= 4 is 29.9 Å². The Morgan fingerprint density at radius 3 is 2.44 bits per heavy atom. The van der Waals surface area contributed by atoms with Gasteiger partial charge in [-0.1, -0.05) is 6.42 Å². The molecule has 25 heavy (non-hydrogen) atoms. The van der Waals surface area contributed by atoms with Crippen LogP contribution in [0.2, 0.25) is 0 Å². The molecule has 5 nitrogen and oxygen atoms in total. The molecule has 0 radical (unpaired) electrons. The molecule has 138 valence electrons. The molecule has 2 N–H and O–H groups in total. The highest BCUT2D eigenvalue weighted by molar-refractivity contribution is 5.97. The van der Waals surface area contributed by atoms with Gasteiger partial charge in [-0.2, -0.15) is 0 Å². The number of hydrogen-bond acceptors (Lipinski definition) is 3. The van der Waals surface area contributed by atoms with Gasteiger partial charge in [0.15, 0.2) is 0 Å². The van der Waals surface area contributed by atoms with E-state index in [1.807, 2.05) is 29.2 Å². The van der Waals surface area contributed by atoms with Gasteiger partial charge in [0.25, 0.3) is 5.91 Å². The third-order valence-electron chi connectivity index (χ3n) is 5.09. The second-order valence-electron chi connectivity index (χ2n) is 6.91. The first kappa shape index (κ1) is 19.7. The molecule has 2 heterocycles. The SMILES string of the molecule is CC1CCCCN1C(=O)c1ccc(NC(=O)C2CCCCN2)cc1.Cl. The molecule has 2 saturated heterocycles. The van der Waals surface area contributed by atoms with Crippen molar-refractivity contribution in [1.29, 1.82) is 0 Å². The predicted molar refractivity (Wildman–Crippen MR) is 102 cm³/mol. The van der Waals surface area contributed by atoms with E-state index >= 15 is 0 Å². The minimum atomic E-state index is -0.103. The Morgan fingerprint density at radius 2 is 1.80 bits per heavy atom. The molecule has 0 saturated carbocycles. The number of nitrogens with one attached hydrogen (secondary N) is 2. The van der Waals surface area contributed by atoms with E-state index in [1.165, 1.54) is 6.42 Å². The Balaban J connectivity index is 0.00000225. The molecule has 3 rings (SSSR count). The van der Waals surface area contributed by atoms with Gasteiger partial charge >= 0.3 is 0 Å². The Hall–Kier alpha value is -1.59. The van der Waals surface area contributed by atoms with E-state index in [-0.39, 0.29) is 30.3 Å². The van der Waals surface area contributed by atoms with Gasteiger partial charge in [-0.3, -0.25) is 9.59 Å². The van der Waals surface area contributed by atoms with Crippen LogP contribution in [0, 0.1) is 0 Å². The number of rotatable bonds is 3. The van der Waals surface area contributed by atoms with Crippen molar-refractivity contribution in [2.75, 3.05) is 18.4 Å². The zero-order valence-electron chi connectivity index (χ0n) is 14.8. The summed E-state index contributed by atoms with van der Waals surface area (Å²) < 4.78 is 0. The molecule has 0 aromatic heterocycles. The summed E-state index contributed by atoms with van der Waals surface area (Å²) in [5.41, 5.74) is 1.44. The van der Waals surface area contributed by atoms with Crippen LogP contribution in [-0.4, -0.2) is 41.9 Å². The van der Waals surface area contributed by atoms with Crippen LogP contribution in [0.4, 0.5) is 5.69 Å². The van der Waals surface area contributed by atoms with Crippen molar-refractivity contribution in [2.24, 2.45) is 0 Å². The standard InChI is InChI=1S/C19H27N3O2.ClH/c1-14-6-3-5-13-22(14)19(24)15-8-10-16(11-9-15)21-18(23)17-7-2-4-12-20-17;/h8-11,14,17,20H,2-7,12-13H2,1H3,(H,21,23);1H. The number of anilines is 1. The number of benzene rings is 1. The van der Waals surface area contributed by atoms with Crippen molar-refractivity contribution < 1.29 is 9.59 Å². The number of carbonyl (C=O) groups excluding carboxylic acids is 2. The van der Waals surface area contributed by atoms with Gasteiger partial charge in [-0.05, 0) is 69.8 Å². The van der Waals surface area contributed by atoms with Crippen LogP contribution < -0.4 is 10.6 Å². The van der Waals surface area contributed by atoms with Crippen LogP contribution in [0.5, 0.6) is 0 Å². The highest BCUT2D eigenvalue weighted by atomic mass is 35.5. The molecule has 2 atom stereocenters. The van der Waals surface area contributed by atoms with Crippen molar-refractivity contribution in [3.8, 4) is 0 Å². The van der Waals surface area contributed by atoms with Gasteiger partial charge in [-0.15, -0.1) is 12.4 Å². The maximum atomic E-state index is 12.6. The average Bonchev–Trinajstić information content (AvgIpc) is 2.63. The van der Waals surface area contributed by atoms with Gasteiger partial charge < -0.3 is 15.5 Å². The number of piperidine rings is 2. The molecule has 2 unspecified atom stereocenters. The first-order valence-corrected chi connectivity index (χ1v) is 9.10. The average molecular weight is 366 g/mol. The second-order valence-corrected chi connectivity index (χ2v) is 6.91. The number of nitrogens with zero attached hydrogens (tertiary/aromatic N) is 1. The van der Waals surface area contributed by atoms with Crippen LogP contribution in [-0.2, 0) is 4.79 Å². The summed E-state index contributed by atoms with van der Waals surface area (Å²) in [6.07, 6.45) is 6.47.